The summed E-state index contributed by atoms with van der Waals surface area (Å²) in [6.07, 6.45) is 8.56. The molecule has 2 nitrogen and oxygen atoms in total. The standard InChI is InChI=1S/C10H14O2/c1-9(11)7-12-8-10-5-3-2-4-6-10/h3,5-6H,2,4,7-8H2,1H3. The highest BCUT2D eigenvalue weighted by atomic mass is 16.5. The summed E-state index contributed by atoms with van der Waals surface area (Å²) in [5.74, 6) is 0.0791. The van der Waals surface area contributed by atoms with Gasteiger partial charge in [0, 0.05) is 0 Å². The molecule has 0 saturated heterocycles. The highest BCUT2D eigenvalue weighted by molar-refractivity contribution is 5.76. The van der Waals surface area contributed by atoms with Gasteiger partial charge in [-0.15, -0.1) is 0 Å². The Morgan fingerprint density at radius 2 is 2.42 bits per heavy atom. The van der Waals surface area contributed by atoms with Crippen molar-refractivity contribution in [3.63, 3.8) is 0 Å². The van der Waals surface area contributed by atoms with Gasteiger partial charge in [-0.2, -0.15) is 0 Å². The van der Waals surface area contributed by atoms with Gasteiger partial charge in [0.25, 0.3) is 0 Å². The number of carbonyl (C=O) groups excluding carboxylic acids is 1. The summed E-state index contributed by atoms with van der Waals surface area (Å²) in [7, 11) is 0. The van der Waals surface area contributed by atoms with Crippen molar-refractivity contribution < 1.29 is 9.53 Å². The first kappa shape index (κ1) is 9.20. The molecular formula is C10H14O2. The van der Waals surface area contributed by atoms with Crippen molar-refractivity contribution in [1.29, 1.82) is 0 Å². The van der Waals surface area contributed by atoms with Crippen LogP contribution in [0.2, 0.25) is 0 Å². The van der Waals surface area contributed by atoms with E-state index in [2.05, 4.69) is 18.2 Å². The third-order valence-corrected chi connectivity index (χ3v) is 1.65. The summed E-state index contributed by atoms with van der Waals surface area (Å²) >= 11 is 0. The molecule has 0 aliphatic heterocycles. The monoisotopic (exact) mass is 166 g/mol. The minimum absolute atomic E-state index is 0.0791. The fourth-order valence-electron chi connectivity index (χ4n) is 1.09. The Labute approximate surface area is 72.9 Å². The van der Waals surface area contributed by atoms with Crippen molar-refractivity contribution in [1.82, 2.24) is 0 Å². The van der Waals surface area contributed by atoms with Crippen molar-refractivity contribution in [2.24, 2.45) is 0 Å². The van der Waals surface area contributed by atoms with E-state index in [1.807, 2.05) is 0 Å². The molecule has 1 aliphatic carbocycles. The largest absolute Gasteiger partial charge is 0.369 e. The SMILES string of the molecule is CC(=O)COCC1=CCCC=C1. The Kier molecular flexibility index (Phi) is 3.74. The van der Waals surface area contributed by atoms with E-state index in [1.165, 1.54) is 12.5 Å². The molecule has 0 N–H and O–H groups in total. The van der Waals surface area contributed by atoms with E-state index >= 15 is 0 Å². The highest BCUT2D eigenvalue weighted by Crippen LogP contribution is 2.09. The second-order valence-corrected chi connectivity index (χ2v) is 2.95. The Morgan fingerprint density at radius 3 is 3.00 bits per heavy atom. The molecule has 0 radical (unpaired) electrons. The van der Waals surface area contributed by atoms with E-state index < -0.39 is 0 Å². The van der Waals surface area contributed by atoms with Crippen LogP contribution in [-0.2, 0) is 9.53 Å². The fourth-order valence-corrected chi connectivity index (χ4v) is 1.09. The lowest BCUT2D eigenvalue weighted by Gasteiger charge is -2.06. The Hall–Kier alpha value is -0.890. The van der Waals surface area contributed by atoms with Gasteiger partial charge in [-0.3, -0.25) is 4.79 Å². The van der Waals surface area contributed by atoms with Crippen LogP contribution in [0.3, 0.4) is 0 Å². The molecule has 1 rings (SSSR count). The number of ether oxygens (including phenoxy) is 1. The summed E-state index contributed by atoms with van der Waals surface area (Å²) in [5.41, 5.74) is 1.18. The first-order chi connectivity index (χ1) is 5.79. The quantitative estimate of drug-likeness (QED) is 0.637. The van der Waals surface area contributed by atoms with Gasteiger partial charge in [0.1, 0.15) is 6.61 Å². The lowest BCUT2D eigenvalue weighted by atomic mass is 10.1. The summed E-state index contributed by atoms with van der Waals surface area (Å²) in [6.45, 7) is 2.33. The zero-order valence-corrected chi connectivity index (χ0v) is 7.38. The minimum Gasteiger partial charge on any atom is -0.369 e. The maximum Gasteiger partial charge on any atom is 0.155 e. The summed E-state index contributed by atoms with van der Waals surface area (Å²) in [4.78, 5) is 10.5. The van der Waals surface area contributed by atoms with Crippen LogP contribution in [0.4, 0.5) is 0 Å². The van der Waals surface area contributed by atoms with Crippen LogP contribution in [0.5, 0.6) is 0 Å². The molecule has 0 heterocycles. The van der Waals surface area contributed by atoms with Crippen LogP contribution in [-0.4, -0.2) is 19.0 Å². The zero-order chi connectivity index (χ0) is 8.81. The van der Waals surface area contributed by atoms with Crippen molar-refractivity contribution in [2.45, 2.75) is 19.8 Å². The molecule has 0 fully saturated rings. The molecule has 0 unspecified atom stereocenters. The van der Waals surface area contributed by atoms with Gasteiger partial charge >= 0.3 is 0 Å². The molecule has 12 heavy (non-hydrogen) atoms. The number of hydrogen-bond donors (Lipinski definition) is 0. The molecule has 1 aliphatic rings. The number of rotatable bonds is 4. The summed E-state index contributed by atoms with van der Waals surface area (Å²) in [5, 5.41) is 0. The molecule has 2 heteroatoms. The van der Waals surface area contributed by atoms with Crippen molar-refractivity contribution in [3.05, 3.63) is 23.8 Å². The Bertz CT molecular complexity index is 214. The van der Waals surface area contributed by atoms with Gasteiger partial charge in [0.15, 0.2) is 5.78 Å². The van der Waals surface area contributed by atoms with Crippen LogP contribution >= 0.6 is 0 Å². The third-order valence-electron chi connectivity index (χ3n) is 1.65. The molecule has 0 spiro atoms. The molecular weight excluding hydrogens is 152 g/mol. The average molecular weight is 166 g/mol. The Morgan fingerprint density at radius 1 is 1.58 bits per heavy atom. The van der Waals surface area contributed by atoms with Crippen LogP contribution in [0, 0.1) is 0 Å². The fraction of sp³-hybridized carbons (Fsp3) is 0.500. The molecule has 0 aromatic carbocycles. The summed E-state index contributed by atoms with van der Waals surface area (Å²) in [6, 6.07) is 0. The van der Waals surface area contributed by atoms with E-state index in [-0.39, 0.29) is 12.4 Å². The number of ketones is 1. The molecule has 0 aromatic rings. The maximum absolute atomic E-state index is 10.5. The molecule has 0 amide bonds. The minimum atomic E-state index is 0.0791. The van der Waals surface area contributed by atoms with Crippen LogP contribution in [0.25, 0.3) is 0 Å². The van der Waals surface area contributed by atoms with Gasteiger partial charge in [0.2, 0.25) is 0 Å². The number of carbonyl (C=O) groups is 1. The van der Waals surface area contributed by atoms with Crippen LogP contribution in [0.15, 0.2) is 23.8 Å². The Balaban J connectivity index is 2.18. The first-order valence-electron chi connectivity index (χ1n) is 4.22. The number of allylic oxidation sites excluding steroid dienone is 2. The predicted molar refractivity (Wildman–Crippen MR) is 48.0 cm³/mol. The van der Waals surface area contributed by atoms with Gasteiger partial charge in [-0.25, -0.2) is 0 Å². The molecule has 0 atom stereocenters. The van der Waals surface area contributed by atoms with Gasteiger partial charge in [-0.1, -0.05) is 18.2 Å². The second kappa shape index (κ2) is 4.88. The lowest BCUT2D eigenvalue weighted by Crippen LogP contribution is -2.06. The van der Waals surface area contributed by atoms with Crippen LogP contribution in [0.1, 0.15) is 19.8 Å². The van der Waals surface area contributed by atoms with E-state index in [4.69, 9.17) is 4.74 Å². The van der Waals surface area contributed by atoms with Crippen molar-refractivity contribution >= 4 is 5.78 Å². The molecule has 0 aromatic heterocycles. The molecule has 0 bridgehead atoms. The van der Waals surface area contributed by atoms with Crippen molar-refractivity contribution in [2.75, 3.05) is 13.2 Å². The van der Waals surface area contributed by atoms with Gasteiger partial charge in [0.05, 0.1) is 6.61 Å². The van der Waals surface area contributed by atoms with E-state index in [0.29, 0.717) is 6.61 Å². The number of hydrogen-bond acceptors (Lipinski definition) is 2. The normalized spacial score (nSPS) is 15.9. The van der Waals surface area contributed by atoms with Gasteiger partial charge in [-0.05, 0) is 25.3 Å². The first-order valence-corrected chi connectivity index (χ1v) is 4.22. The molecule has 0 saturated carbocycles. The third kappa shape index (κ3) is 3.49. The molecule has 66 valence electrons. The summed E-state index contributed by atoms with van der Waals surface area (Å²) < 4.78 is 5.17. The van der Waals surface area contributed by atoms with E-state index in [0.717, 1.165) is 12.8 Å². The average Bonchev–Trinajstić information content (AvgIpc) is 2.05. The van der Waals surface area contributed by atoms with Crippen LogP contribution < -0.4 is 0 Å². The predicted octanol–water partition coefficient (Wildman–Crippen LogP) is 1.87. The van der Waals surface area contributed by atoms with E-state index in [9.17, 15) is 4.79 Å². The van der Waals surface area contributed by atoms with E-state index in [1.54, 1.807) is 0 Å². The zero-order valence-electron chi connectivity index (χ0n) is 7.38. The topological polar surface area (TPSA) is 26.3 Å². The highest BCUT2D eigenvalue weighted by Gasteiger charge is 1.98. The smallest absolute Gasteiger partial charge is 0.155 e. The lowest BCUT2D eigenvalue weighted by molar-refractivity contribution is -0.121. The van der Waals surface area contributed by atoms with Crippen molar-refractivity contribution in [3.8, 4) is 0 Å². The van der Waals surface area contributed by atoms with Gasteiger partial charge < -0.3 is 4.74 Å². The maximum atomic E-state index is 10.5. The second-order valence-electron chi connectivity index (χ2n) is 2.95. The number of Topliss-reactive ketones (excluding diaryl/α,β-unsaturated/α-hetero) is 1.